The fourth-order valence-corrected chi connectivity index (χ4v) is 7.02. The molecule has 2 fully saturated rings. The van der Waals surface area contributed by atoms with Crippen LogP contribution in [0.5, 0.6) is 0 Å². The summed E-state index contributed by atoms with van der Waals surface area (Å²) in [5, 5.41) is 0. The second-order valence-electron chi connectivity index (χ2n) is 8.69. The van der Waals surface area contributed by atoms with Crippen molar-refractivity contribution in [2.45, 2.75) is 47.0 Å². The highest BCUT2D eigenvalue weighted by Crippen LogP contribution is 2.64. The number of ketones is 1. The van der Waals surface area contributed by atoms with Gasteiger partial charge in [-0.25, -0.2) is 13.1 Å². The Labute approximate surface area is 163 Å². The first-order chi connectivity index (χ1) is 12.6. The minimum absolute atomic E-state index is 0.0706. The molecule has 1 aromatic carbocycles. The predicted octanol–water partition coefficient (Wildman–Crippen LogP) is 3.14. The van der Waals surface area contributed by atoms with Crippen LogP contribution in [-0.4, -0.2) is 39.6 Å². The SMILES string of the molecule is CCN(CCNS(=O)(=O)CC12CCC(CC1=O)C2(C)C)c1ccccc1C. The molecule has 0 spiro atoms. The number of rotatable bonds is 8. The van der Waals surface area contributed by atoms with E-state index in [9.17, 15) is 13.2 Å². The first-order valence-electron chi connectivity index (χ1n) is 9.94. The van der Waals surface area contributed by atoms with E-state index in [0.29, 0.717) is 31.8 Å². The van der Waals surface area contributed by atoms with Gasteiger partial charge in [-0.05, 0) is 49.7 Å². The zero-order valence-electron chi connectivity index (χ0n) is 16.9. The van der Waals surface area contributed by atoms with Gasteiger partial charge in [0.15, 0.2) is 0 Å². The van der Waals surface area contributed by atoms with Gasteiger partial charge in [0.2, 0.25) is 10.0 Å². The molecule has 0 saturated heterocycles. The summed E-state index contributed by atoms with van der Waals surface area (Å²) >= 11 is 0. The second-order valence-corrected chi connectivity index (χ2v) is 10.5. The highest BCUT2D eigenvalue weighted by molar-refractivity contribution is 7.89. The highest BCUT2D eigenvalue weighted by Gasteiger charge is 2.65. The molecule has 6 heteroatoms. The fraction of sp³-hybridized carbons (Fsp3) is 0.667. The monoisotopic (exact) mass is 392 g/mol. The van der Waals surface area contributed by atoms with Crippen LogP contribution >= 0.6 is 0 Å². The molecule has 0 heterocycles. The largest absolute Gasteiger partial charge is 0.370 e. The third-order valence-electron chi connectivity index (χ3n) is 7.12. The lowest BCUT2D eigenvalue weighted by Gasteiger charge is -2.36. The van der Waals surface area contributed by atoms with E-state index >= 15 is 0 Å². The molecule has 2 aliphatic carbocycles. The van der Waals surface area contributed by atoms with Gasteiger partial charge in [0.05, 0.1) is 5.75 Å². The van der Waals surface area contributed by atoms with E-state index in [1.807, 2.05) is 12.1 Å². The molecule has 0 aromatic heterocycles. The van der Waals surface area contributed by atoms with Crippen LogP contribution in [0, 0.1) is 23.7 Å². The molecular weight excluding hydrogens is 360 g/mol. The molecule has 2 atom stereocenters. The van der Waals surface area contributed by atoms with Crippen molar-refractivity contribution in [3.63, 3.8) is 0 Å². The number of anilines is 1. The molecule has 0 radical (unpaired) electrons. The van der Waals surface area contributed by atoms with Crippen LogP contribution in [0.2, 0.25) is 0 Å². The molecule has 1 N–H and O–H groups in total. The van der Waals surface area contributed by atoms with Crippen LogP contribution in [0.3, 0.4) is 0 Å². The molecule has 0 aliphatic heterocycles. The lowest BCUT2D eigenvalue weighted by atomic mass is 9.70. The zero-order chi connectivity index (χ0) is 19.9. The van der Waals surface area contributed by atoms with E-state index < -0.39 is 15.4 Å². The lowest BCUT2D eigenvalue weighted by Crippen LogP contribution is -2.46. The number of carbonyl (C=O) groups excluding carboxylic acids is 1. The molecule has 5 nitrogen and oxygen atoms in total. The Morgan fingerprint density at radius 3 is 2.52 bits per heavy atom. The molecule has 2 aliphatic rings. The van der Waals surface area contributed by atoms with Crippen LogP contribution < -0.4 is 9.62 Å². The standard InChI is InChI=1S/C21H32N2O3S/c1-5-23(18-9-7-6-8-16(18)2)13-12-22-27(25,26)15-21-11-10-17(14-19(21)24)20(21,3)4/h6-9,17,22H,5,10-15H2,1-4H3. The number of sulfonamides is 1. The van der Waals surface area contributed by atoms with Crippen molar-refractivity contribution >= 4 is 21.5 Å². The number of aryl methyl sites for hydroxylation is 1. The van der Waals surface area contributed by atoms with Crippen molar-refractivity contribution in [3.05, 3.63) is 29.8 Å². The number of nitrogens with one attached hydrogen (secondary N) is 1. The van der Waals surface area contributed by atoms with Crippen molar-refractivity contribution in [1.82, 2.24) is 4.72 Å². The number of fused-ring (bicyclic) bond motifs is 2. The van der Waals surface area contributed by atoms with Crippen molar-refractivity contribution < 1.29 is 13.2 Å². The van der Waals surface area contributed by atoms with E-state index in [0.717, 1.165) is 18.7 Å². The Bertz CT molecular complexity index is 818. The Morgan fingerprint density at radius 1 is 1.26 bits per heavy atom. The number of Topliss-reactive ketones (excluding diaryl/α,β-unsaturated/α-hetero) is 1. The maximum absolute atomic E-state index is 12.8. The topological polar surface area (TPSA) is 66.5 Å². The van der Waals surface area contributed by atoms with E-state index in [2.05, 4.69) is 49.4 Å². The van der Waals surface area contributed by atoms with E-state index in [1.165, 1.54) is 5.56 Å². The smallest absolute Gasteiger partial charge is 0.212 e. The Kier molecular flexibility index (Phi) is 5.43. The van der Waals surface area contributed by atoms with Gasteiger partial charge in [-0.1, -0.05) is 32.0 Å². The number of hydrogen-bond donors (Lipinski definition) is 1. The van der Waals surface area contributed by atoms with Crippen molar-refractivity contribution in [2.24, 2.45) is 16.7 Å². The number of carbonyl (C=O) groups is 1. The Morgan fingerprint density at radius 2 is 1.96 bits per heavy atom. The number of nitrogens with zero attached hydrogens (tertiary/aromatic N) is 1. The first-order valence-corrected chi connectivity index (χ1v) is 11.6. The van der Waals surface area contributed by atoms with Crippen molar-refractivity contribution in [2.75, 3.05) is 30.3 Å². The van der Waals surface area contributed by atoms with Crippen LogP contribution in [0.1, 0.15) is 45.6 Å². The summed E-state index contributed by atoms with van der Waals surface area (Å²) in [4.78, 5) is 14.8. The minimum atomic E-state index is -3.51. The van der Waals surface area contributed by atoms with E-state index in [1.54, 1.807) is 0 Å². The molecule has 0 amide bonds. The average molecular weight is 393 g/mol. The maximum Gasteiger partial charge on any atom is 0.212 e. The fourth-order valence-electron chi connectivity index (χ4n) is 5.19. The first kappa shape index (κ1) is 20.3. The second kappa shape index (κ2) is 7.21. The molecule has 3 rings (SSSR count). The molecular formula is C21H32N2O3S. The molecule has 2 saturated carbocycles. The van der Waals surface area contributed by atoms with Crippen LogP contribution in [0.4, 0.5) is 5.69 Å². The van der Waals surface area contributed by atoms with Gasteiger partial charge in [0.1, 0.15) is 5.78 Å². The van der Waals surface area contributed by atoms with Gasteiger partial charge < -0.3 is 4.90 Å². The molecule has 150 valence electrons. The summed E-state index contributed by atoms with van der Waals surface area (Å²) in [6.45, 7) is 10.0. The van der Waals surface area contributed by atoms with E-state index in [4.69, 9.17) is 0 Å². The Balaban J connectivity index is 1.64. The molecule has 27 heavy (non-hydrogen) atoms. The van der Waals surface area contributed by atoms with Gasteiger partial charge >= 0.3 is 0 Å². The molecule has 1 aromatic rings. The molecule has 2 unspecified atom stereocenters. The summed E-state index contributed by atoms with van der Waals surface area (Å²) in [6, 6.07) is 8.12. The summed E-state index contributed by atoms with van der Waals surface area (Å²) in [5.74, 6) is 0.403. The normalized spacial score (nSPS) is 26.5. The number of para-hydroxylation sites is 1. The van der Waals surface area contributed by atoms with Crippen molar-refractivity contribution in [3.8, 4) is 0 Å². The average Bonchev–Trinajstić information content (AvgIpc) is 2.93. The number of benzene rings is 1. The number of hydrogen-bond acceptors (Lipinski definition) is 4. The van der Waals surface area contributed by atoms with Gasteiger partial charge in [-0.15, -0.1) is 0 Å². The van der Waals surface area contributed by atoms with Gasteiger partial charge in [0, 0.05) is 37.2 Å². The van der Waals surface area contributed by atoms with Gasteiger partial charge in [-0.2, -0.15) is 0 Å². The third-order valence-corrected chi connectivity index (χ3v) is 8.63. The van der Waals surface area contributed by atoms with Crippen LogP contribution in [0.15, 0.2) is 24.3 Å². The predicted molar refractivity (Wildman–Crippen MR) is 109 cm³/mol. The summed E-state index contributed by atoms with van der Waals surface area (Å²) in [5.41, 5.74) is 1.37. The van der Waals surface area contributed by atoms with Crippen LogP contribution in [0.25, 0.3) is 0 Å². The number of likely N-dealkylation sites (N-methyl/N-ethyl adjacent to an activating group) is 1. The van der Waals surface area contributed by atoms with Gasteiger partial charge in [-0.3, -0.25) is 4.79 Å². The van der Waals surface area contributed by atoms with E-state index in [-0.39, 0.29) is 17.0 Å². The lowest BCUT2D eigenvalue weighted by molar-refractivity contribution is -0.128. The van der Waals surface area contributed by atoms with Crippen molar-refractivity contribution in [1.29, 1.82) is 0 Å². The highest BCUT2D eigenvalue weighted by atomic mass is 32.2. The third kappa shape index (κ3) is 3.54. The molecule has 2 bridgehead atoms. The maximum atomic E-state index is 12.8. The quantitative estimate of drug-likeness (QED) is 0.738. The summed E-state index contributed by atoms with van der Waals surface area (Å²) in [7, 11) is -3.51. The minimum Gasteiger partial charge on any atom is -0.370 e. The van der Waals surface area contributed by atoms with Crippen LogP contribution in [-0.2, 0) is 14.8 Å². The summed E-state index contributed by atoms with van der Waals surface area (Å²) < 4.78 is 28.3. The van der Waals surface area contributed by atoms with Gasteiger partial charge in [0.25, 0.3) is 0 Å². The summed E-state index contributed by atoms with van der Waals surface area (Å²) in [6.07, 6.45) is 2.21. The Hall–Kier alpha value is -1.40. The zero-order valence-corrected chi connectivity index (χ0v) is 17.7.